The lowest BCUT2D eigenvalue weighted by atomic mass is 10.0. The maximum atomic E-state index is 13.9. The Balaban J connectivity index is 2.33. The molecule has 1 heterocycles. The van der Waals surface area contributed by atoms with Gasteiger partial charge in [0.1, 0.15) is 11.6 Å². The van der Waals surface area contributed by atoms with E-state index in [1.54, 1.807) is 7.05 Å². The zero-order valence-electron chi connectivity index (χ0n) is 12.0. The van der Waals surface area contributed by atoms with Crippen LogP contribution in [0.5, 0.6) is 0 Å². The van der Waals surface area contributed by atoms with Crippen molar-refractivity contribution in [3.8, 4) is 0 Å². The fourth-order valence-electron chi connectivity index (χ4n) is 2.44. The average molecular weight is 279 g/mol. The number of halogens is 2. The third-order valence-electron chi connectivity index (χ3n) is 3.39. The minimum absolute atomic E-state index is 0.0801. The van der Waals surface area contributed by atoms with E-state index in [2.05, 4.69) is 10.4 Å². The third kappa shape index (κ3) is 2.88. The van der Waals surface area contributed by atoms with Gasteiger partial charge in [0, 0.05) is 30.3 Å². The number of benzene rings is 1. The van der Waals surface area contributed by atoms with E-state index in [9.17, 15) is 8.78 Å². The summed E-state index contributed by atoms with van der Waals surface area (Å²) in [6.45, 7) is 4.64. The second-order valence-corrected chi connectivity index (χ2v) is 4.77. The van der Waals surface area contributed by atoms with Crippen molar-refractivity contribution in [3.05, 3.63) is 52.9 Å². The number of nitrogens with zero attached hydrogens (tertiary/aromatic N) is 2. The van der Waals surface area contributed by atoms with Gasteiger partial charge in [-0.05, 0) is 39.1 Å². The quantitative estimate of drug-likeness (QED) is 0.912. The summed E-state index contributed by atoms with van der Waals surface area (Å²) in [6, 6.07) is 5.47. The Bertz CT molecular complexity index is 573. The normalized spacial score (nSPS) is 12.7. The lowest BCUT2D eigenvalue weighted by molar-refractivity contribution is 0.476. The van der Waals surface area contributed by atoms with E-state index < -0.39 is 17.7 Å². The fraction of sp³-hybridized carbons (Fsp3) is 0.400. The predicted molar refractivity (Wildman–Crippen MR) is 74.5 cm³/mol. The highest BCUT2D eigenvalue weighted by atomic mass is 19.1. The summed E-state index contributed by atoms with van der Waals surface area (Å²) in [5.74, 6) is -1.05. The smallest absolute Gasteiger partial charge is 0.130 e. The standard InChI is InChI=1S/C15H19F2N3/c1-4-20-11(8-10(2)19-20)9-14(18-3)15-12(16)6-5-7-13(15)17/h5-8,14,18H,4,9H2,1-3H3. The lowest BCUT2D eigenvalue weighted by Gasteiger charge is -2.18. The van der Waals surface area contributed by atoms with Crippen molar-refractivity contribution >= 4 is 0 Å². The van der Waals surface area contributed by atoms with Crippen molar-refractivity contribution < 1.29 is 8.78 Å². The van der Waals surface area contributed by atoms with Crippen molar-refractivity contribution in [1.29, 1.82) is 0 Å². The highest BCUT2D eigenvalue weighted by molar-refractivity contribution is 5.25. The number of aryl methyl sites for hydroxylation is 2. The van der Waals surface area contributed by atoms with E-state index >= 15 is 0 Å². The summed E-state index contributed by atoms with van der Waals surface area (Å²) in [7, 11) is 1.70. The Hall–Kier alpha value is -1.75. The second kappa shape index (κ2) is 6.13. The van der Waals surface area contributed by atoms with E-state index in [-0.39, 0.29) is 5.56 Å². The van der Waals surface area contributed by atoms with Crippen molar-refractivity contribution in [2.75, 3.05) is 7.05 Å². The van der Waals surface area contributed by atoms with Crippen LogP contribution < -0.4 is 5.32 Å². The monoisotopic (exact) mass is 279 g/mol. The molecule has 1 unspecified atom stereocenters. The van der Waals surface area contributed by atoms with Gasteiger partial charge in [0.05, 0.1) is 5.69 Å². The first-order valence-electron chi connectivity index (χ1n) is 6.71. The number of aromatic nitrogens is 2. The molecule has 5 heteroatoms. The van der Waals surface area contributed by atoms with Gasteiger partial charge in [0.2, 0.25) is 0 Å². The molecule has 1 atom stereocenters. The summed E-state index contributed by atoms with van der Waals surface area (Å²) in [5, 5.41) is 7.34. The summed E-state index contributed by atoms with van der Waals surface area (Å²) < 4.78 is 29.6. The van der Waals surface area contributed by atoms with Crippen LogP contribution >= 0.6 is 0 Å². The average Bonchev–Trinajstić information content (AvgIpc) is 2.77. The first-order valence-corrected chi connectivity index (χ1v) is 6.71. The van der Waals surface area contributed by atoms with Gasteiger partial charge in [-0.2, -0.15) is 5.10 Å². The van der Waals surface area contributed by atoms with Gasteiger partial charge >= 0.3 is 0 Å². The minimum Gasteiger partial charge on any atom is -0.312 e. The van der Waals surface area contributed by atoms with Crippen molar-refractivity contribution in [1.82, 2.24) is 15.1 Å². The largest absolute Gasteiger partial charge is 0.312 e. The van der Waals surface area contributed by atoms with Gasteiger partial charge in [-0.3, -0.25) is 4.68 Å². The molecule has 0 saturated heterocycles. The number of likely N-dealkylation sites (N-methyl/N-ethyl adjacent to an activating group) is 1. The molecule has 0 bridgehead atoms. The zero-order valence-corrected chi connectivity index (χ0v) is 12.0. The van der Waals surface area contributed by atoms with Crippen molar-refractivity contribution in [2.24, 2.45) is 0 Å². The molecule has 1 aromatic heterocycles. The molecule has 0 fully saturated rings. The Morgan fingerprint density at radius 1 is 1.30 bits per heavy atom. The first-order chi connectivity index (χ1) is 9.56. The fourth-order valence-corrected chi connectivity index (χ4v) is 2.44. The molecule has 0 radical (unpaired) electrons. The molecule has 0 aliphatic heterocycles. The Morgan fingerprint density at radius 3 is 2.50 bits per heavy atom. The van der Waals surface area contributed by atoms with Crippen LogP contribution in [-0.4, -0.2) is 16.8 Å². The summed E-state index contributed by atoms with van der Waals surface area (Å²) in [6.07, 6.45) is 0.489. The molecule has 0 saturated carbocycles. The number of nitrogens with one attached hydrogen (secondary N) is 1. The highest BCUT2D eigenvalue weighted by Crippen LogP contribution is 2.24. The first kappa shape index (κ1) is 14.7. The molecule has 0 aliphatic rings. The zero-order chi connectivity index (χ0) is 14.7. The number of hydrogen-bond donors (Lipinski definition) is 1. The van der Waals surface area contributed by atoms with Crippen LogP contribution in [0.4, 0.5) is 8.78 Å². The molecule has 0 aliphatic carbocycles. The molecule has 20 heavy (non-hydrogen) atoms. The lowest BCUT2D eigenvalue weighted by Crippen LogP contribution is -2.23. The van der Waals surface area contributed by atoms with E-state index in [0.717, 1.165) is 17.9 Å². The molecule has 2 rings (SSSR count). The molecular formula is C15H19F2N3. The van der Waals surface area contributed by atoms with Crippen LogP contribution in [-0.2, 0) is 13.0 Å². The van der Waals surface area contributed by atoms with Crippen LogP contribution in [0.1, 0.15) is 29.9 Å². The van der Waals surface area contributed by atoms with Crippen molar-refractivity contribution in [3.63, 3.8) is 0 Å². The topological polar surface area (TPSA) is 29.9 Å². The molecule has 1 aromatic carbocycles. The molecule has 3 nitrogen and oxygen atoms in total. The molecular weight excluding hydrogens is 260 g/mol. The van der Waals surface area contributed by atoms with Gasteiger partial charge in [-0.1, -0.05) is 6.07 Å². The van der Waals surface area contributed by atoms with Gasteiger partial charge in [-0.15, -0.1) is 0 Å². The van der Waals surface area contributed by atoms with E-state index in [4.69, 9.17) is 0 Å². The Labute approximate surface area is 117 Å². The summed E-state index contributed by atoms with van der Waals surface area (Å²) in [4.78, 5) is 0. The van der Waals surface area contributed by atoms with Crippen LogP contribution in [0.3, 0.4) is 0 Å². The minimum atomic E-state index is -0.524. The van der Waals surface area contributed by atoms with Crippen LogP contribution in [0.2, 0.25) is 0 Å². The van der Waals surface area contributed by atoms with Gasteiger partial charge in [-0.25, -0.2) is 8.78 Å². The second-order valence-electron chi connectivity index (χ2n) is 4.77. The van der Waals surface area contributed by atoms with Crippen LogP contribution in [0, 0.1) is 18.6 Å². The summed E-state index contributed by atoms with van der Waals surface area (Å²) >= 11 is 0. The van der Waals surface area contributed by atoms with Crippen molar-refractivity contribution in [2.45, 2.75) is 32.9 Å². The third-order valence-corrected chi connectivity index (χ3v) is 3.39. The van der Waals surface area contributed by atoms with Gasteiger partial charge in [0.15, 0.2) is 0 Å². The highest BCUT2D eigenvalue weighted by Gasteiger charge is 2.20. The van der Waals surface area contributed by atoms with Gasteiger partial charge < -0.3 is 5.32 Å². The molecule has 2 aromatic rings. The van der Waals surface area contributed by atoms with E-state index in [1.165, 1.54) is 18.2 Å². The summed E-state index contributed by atoms with van der Waals surface area (Å²) in [5.41, 5.74) is 1.95. The predicted octanol–water partition coefficient (Wildman–Crippen LogP) is 2.99. The number of rotatable bonds is 5. The Kier molecular flexibility index (Phi) is 4.49. The molecule has 1 N–H and O–H groups in total. The SMILES string of the molecule is CCn1nc(C)cc1CC(NC)c1c(F)cccc1F. The van der Waals surface area contributed by atoms with Crippen LogP contribution in [0.15, 0.2) is 24.3 Å². The molecule has 0 spiro atoms. The maximum Gasteiger partial charge on any atom is 0.130 e. The van der Waals surface area contributed by atoms with Crippen LogP contribution in [0.25, 0.3) is 0 Å². The molecule has 0 amide bonds. The van der Waals surface area contributed by atoms with E-state index in [0.29, 0.717) is 6.42 Å². The van der Waals surface area contributed by atoms with Gasteiger partial charge in [0.25, 0.3) is 0 Å². The Morgan fingerprint density at radius 2 is 1.95 bits per heavy atom. The maximum absolute atomic E-state index is 13.9. The molecule has 108 valence electrons. The van der Waals surface area contributed by atoms with E-state index in [1.807, 2.05) is 24.6 Å². The number of hydrogen-bond acceptors (Lipinski definition) is 2.